The molecule has 0 amide bonds. The molecular formula is C13H18O3. The quantitative estimate of drug-likeness (QED) is 0.785. The molecule has 0 aliphatic carbocycles. The molecule has 3 heteroatoms. The molecule has 0 aliphatic rings. The van der Waals surface area contributed by atoms with Crippen LogP contribution in [0, 0.1) is 6.92 Å². The molecule has 0 aliphatic heterocycles. The number of hydrogen-bond acceptors (Lipinski definition) is 3. The fraction of sp³-hybridized carbons (Fsp3) is 0.462. The van der Waals surface area contributed by atoms with Crippen molar-refractivity contribution in [3.63, 3.8) is 0 Å². The number of aryl methyl sites for hydroxylation is 1. The minimum Gasteiger partial charge on any atom is -0.496 e. The van der Waals surface area contributed by atoms with Gasteiger partial charge in [0.2, 0.25) is 0 Å². The fourth-order valence-electron chi connectivity index (χ4n) is 1.63. The zero-order chi connectivity index (χ0) is 12.3. The van der Waals surface area contributed by atoms with Gasteiger partial charge < -0.3 is 9.47 Å². The molecule has 0 bridgehead atoms. The summed E-state index contributed by atoms with van der Waals surface area (Å²) in [5, 5.41) is 0. The van der Waals surface area contributed by atoms with E-state index in [1.54, 1.807) is 21.1 Å². The molecule has 0 saturated carbocycles. The Hall–Kier alpha value is -1.51. The minimum atomic E-state index is -0.176. The van der Waals surface area contributed by atoms with Crippen LogP contribution in [0.25, 0.3) is 0 Å². The highest BCUT2D eigenvalue weighted by atomic mass is 16.5. The molecule has 3 nitrogen and oxygen atoms in total. The van der Waals surface area contributed by atoms with Crippen LogP contribution in [-0.4, -0.2) is 20.0 Å². The van der Waals surface area contributed by atoms with Crippen molar-refractivity contribution in [2.24, 2.45) is 0 Å². The maximum absolute atomic E-state index is 11.4. The Labute approximate surface area is 96.4 Å². The van der Waals surface area contributed by atoms with E-state index in [4.69, 9.17) is 9.47 Å². The van der Waals surface area contributed by atoms with E-state index in [2.05, 4.69) is 0 Å². The largest absolute Gasteiger partial charge is 0.496 e. The Morgan fingerprint density at radius 2 is 1.75 bits per heavy atom. The summed E-state index contributed by atoms with van der Waals surface area (Å²) in [4.78, 5) is 11.4. The SMILES string of the molecule is COc1cc([C@@H](C)C(C)=O)c(OC)cc1C. The number of methoxy groups -OCH3 is 2. The smallest absolute Gasteiger partial charge is 0.137 e. The Kier molecular flexibility index (Phi) is 3.93. The molecule has 0 saturated heterocycles. The number of rotatable bonds is 4. The van der Waals surface area contributed by atoms with Crippen molar-refractivity contribution in [2.75, 3.05) is 14.2 Å². The average molecular weight is 222 g/mol. The molecule has 0 aromatic heterocycles. The van der Waals surface area contributed by atoms with Gasteiger partial charge >= 0.3 is 0 Å². The maximum atomic E-state index is 11.4. The molecule has 0 N–H and O–H groups in total. The van der Waals surface area contributed by atoms with E-state index in [9.17, 15) is 4.79 Å². The van der Waals surface area contributed by atoms with E-state index in [-0.39, 0.29) is 11.7 Å². The second-order valence-corrected chi connectivity index (χ2v) is 3.90. The van der Waals surface area contributed by atoms with Gasteiger partial charge in [0, 0.05) is 11.5 Å². The second-order valence-electron chi connectivity index (χ2n) is 3.90. The molecule has 0 heterocycles. The van der Waals surface area contributed by atoms with Crippen LogP contribution in [-0.2, 0) is 4.79 Å². The van der Waals surface area contributed by atoms with Crippen LogP contribution in [0.5, 0.6) is 11.5 Å². The number of ketones is 1. The number of benzene rings is 1. The molecule has 0 unspecified atom stereocenters. The summed E-state index contributed by atoms with van der Waals surface area (Å²) in [5.74, 6) is 1.46. The lowest BCUT2D eigenvalue weighted by atomic mass is 9.95. The summed E-state index contributed by atoms with van der Waals surface area (Å²) in [6.07, 6.45) is 0. The summed E-state index contributed by atoms with van der Waals surface area (Å²) < 4.78 is 10.5. The standard InChI is InChI=1S/C13H18O3/c1-8-6-13(16-5)11(7-12(8)15-4)9(2)10(3)14/h6-7,9H,1-5H3/t9-/m0/s1. The van der Waals surface area contributed by atoms with E-state index in [0.717, 1.165) is 22.6 Å². The number of carbonyl (C=O) groups excluding carboxylic acids is 1. The molecule has 0 radical (unpaired) electrons. The van der Waals surface area contributed by atoms with Crippen molar-refractivity contribution in [2.45, 2.75) is 26.7 Å². The van der Waals surface area contributed by atoms with Gasteiger partial charge in [-0.25, -0.2) is 0 Å². The predicted molar refractivity (Wildman–Crippen MR) is 63.4 cm³/mol. The fourth-order valence-corrected chi connectivity index (χ4v) is 1.63. The first-order valence-electron chi connectivity index (χ1n) is 5.24. The third-order valence-corrected chi connectivity index (χ3v) is 2.82. The molecule has 16 heavy (non-hydrogen) atoms. The zero-order valence-electron chi connectivity index (χ0n) is 10.5. The van der Waals surface area contributed by atoms with Crippen LogP contribution in [0.15, 0.2) is 12.1 Å². The normalized spacial score (nSPS) is 12.1. The predicted octanol–water partition coefficient (Wildman–Crippen LogP) is 2.70. The van der Waals surface area contributed by atoms with Gasteiger partial charge in [-0.3, -0.25) is 4.79 Å². The second kappa shape index (κ2) is 5.01. The van der Waals surface area contributed by atoms with Crippen molar-refractivity contribution >= 4 is 5.78 Å². The summed E-state index contributed by atoms with van der Waals surface area (Å²) in [5.41, 5.74) is 1.87. The number of hydrogen-bond donors (Lipinski definition) is 0. The van der Waals surface area contributed by atoms with Crippen LogP contribution >= 0.6 is 0 Å². The molecule has 0 fully saturated rings. The van der Waals surface area contributed by atoms with Crippen LogP contribution in [0.2, 0.25) is 0 Å². The highest BCUT2D eigenvalue weighted by Crippen LogP contribution is 2.33. The molecule has 88 valence electrons. The van der Waals surface area contributed by atoms with Crippen molar-refractivity contribution in [3.8, 4) is 11.5 Å². The molecule has 1 atom stereocenters. The summed E-state index contributed by atoms with van der Waals surface area (Å²) in [7, 11) is 3.23. The summed E-state index contributed by atoms with van der Waals surface area (Å²) >= 11 is 0. The topological polar surface area (TPSA) is 35.5 Å². The van der Waals surface area contributed by atoms with Crippen LogP contribution in [0.3, 0.4) is 0 Å². The van der Waals surface area contributed by atoms with Gasteiger partial charge in [-0.1, -0.05) is 6.92 Å². The lowest BCUT2D eigenvalue weighted by Crippen LogP contribution is -2.07. The molecule has 1 rings (SSSR count). The van der Waals surface area contributed by atoms with Gasteiger partial charge in [-0.05, 0) is 31.5 Å². The average Bonchev–Trinajstić information content (AvgIpc) is 2.27. The van der Waals surface area contributed by atoms with E-state index in [0.29, 0.717) is 0 Å². The maximum Gasteiger partial charge on any atom is 0.137 e. The third kappa shape index (κ3) is 2.35. The van der Waals surface area contributed by atoms with Gasteiger partial charge in [0.15, 0.2) is 0 Å². The van der Waals surface area contributed by atoms with E-state index in [1.165, 1.54) is 0 Å². The van der Waals surface area contributed by atoms with Crippen LogP contribution in [0.1, 0.15) is 30.9 Å². The molecular weight excluding hydrogens is 204 g/mol. The molecule has 1 aromatic rings. The van der Waals surface area contributed by atoms with Gasteiger partial charge in [-0.2, -0.15) is 0 Å². The molecule has 0 spiro atoms. The zero-order valence-corrected chi connectivity index (χ0v) is 10.5. The number of ether oxygens (including phenoxy) is 2. The van der Waals surface area contributed by atoms with Crippen molar-refractivity contribution < 1.29 is 14.3 Å². The third-order valence-electron chi connectivity index (χ3n) is 2.82. The lowest BCUT2D eigenvalue weighted by Gasteiger charge is -2.16. The number of Topliss-reactive ketones (excluding diaryl/α,β-unsaturated/α-hetero) is 1. The van der Waals surface area contributed by atoms with E-state index in [1.807, 2.05) is 26.0 Å². The Morgan fingerprint density at radius 1 is 1.19 bits per heavy atom. The Bertz CT molecular complexity index is 396. The van der Waals surface area contributed by atoms with Gasteiger partial charge in [0.05, 0.1) is 14.2 Å². The minimum absolute atomic E-state index is 0.115. The van der Waals surface area contributed by atoms with Gasteiger partial charge in [-0.15, -0.1) is 0 Å². The van der Waals surface area contributed by atoms with E-state index < -0.39 is 0 Å². The first-order valence-corrected chi connectivity index (χ1v) is 5.24. The van der Waals surface area contributed by atoms with Crippen LogP contribution < -0.4 is 9.47 Å². The summed E-state index contributed by atoms with van der Waals surface area (Å²) in [6, 6.07) is 3.77. The van der Waals surface area contributed by atoms with Crippen molar-refractivity contribution in [1.82, 2.24) is 0 Å². The number of carbonyl (C=O) groups is 1. The Morgan fingerprint density at radius 3 is 2.19 bits per heavy atom. The highest BCUT2D eigenvalue weighted by Gasteiger charge is 2.17. The van der Waals surface area contributed by atoms with Crippen LogP contribution in [0.4, 0.5) is 0 Å². The first-order chi connectivity index (χ1) is 7.51. The Balaban J connectivity index is 3.29. The van der Waals surface area contributed by atoms with Gasteiger partial charge in [0.1, 0.15) is 17.3 Å². The van der Waals surface area contributed by atoms with Gasteiger partial charge in [0.25, 0.3) is 0 Å². The van der Waals surface area contributed by atoms with E-state index >= 15 is 0 Å². The van der Waals surface area contributed by atoms with Crippen molar-refractivity contribution in [1.29, 1.82) is 0 Å². The lowest BCUT2D eigenvalue weighted by molar-refractivity contribution is -0.118. The molecule has 1 aromatic carbocycles. The monoisotopic (exact) mass is 222 g/mol. The summed E-state index contributed by atoms with van der Waals surface area (Å²) in [6.45, 7) is 5.40. The first kappa shape index (κ1) is 12.6. The van der Waals surface area contributed by atoms with Crippen molar-refractivity contribution in [3.05, 3.63) is 23.3 Å². The highest BCUT2D eigenvalue weighted by molar-refractivity contribution is 5.84.